The summed E-state index contributed by atoms with van der Waals surface area (Å²) in [6, 6.07) is 6.76. The summed E-state index contributed by atoms with van der Waals surface area (Å²) in [6.07, 6.45) is 3.10. The molecule has 4 nitrogen and oxygen atoms in total. The number of hydrogen-bond donors (Lipinski definition) is 1. The minimum Gasteiger partial charge on any atom is -0.381 e. The number of benzene rings is 1. The van der Waals surface area contributed by atoms with E-state index < -0.39 is 0 Å². The quantitative estimate of drug-likeness (QED) is 0.860. The zero-order chi connectivity index (χ0) is 17.2. The Labute approximate surface area is 148 Å². The lowest BCUT2D eigenvalue weighted by Crippen LogP contribution is -2.38. The second kappa shape index (κ2) is 7.42. The minimum atomic E-state index is -0.190. The maximum atomic E-state index is 13.1. The van der Waals surface area contributed by atoms with Gasteiger partial charge in [-0.15, -0.1) is 0 Å². The number of fused-ring (bicyclic) bond motifs is 1. The van der Waals surface area contributed by atoms with Crippen molar-refractivity contribution < 1.29 is 13.9 Å². The molecule has 1 aromatic carbocycles. The van der Waals surface area contributed by atoms with Crippen molar-refractivity contribution in [1.82, 2.24) is 10.2 Å². The van der Waals surface area contributed by atoms with Crippen molar-refractivity contribution in [2.24, 2.45) is 23.7 Å². The van der Waals surface area contributed by atoms with E-state index in [4.69, 9.17) is 4.74 Å². The molecule has 3 aliphatic rings. The molecule has 0 radical (unpaired) electrons. The summed E-state index contributed by atoms with van der Waals surface area (Å²) >= 11 is 0. The van der Waals surface area contributed by atoms with Crippen molar-refractivity contribution in [2.75, 3.05) is 32.8 Å². The van der Waals surface area contributed by atoms with Gasteiger partial charge in [-0.25, -0.2) is 4.39 Å². The van der Waals surface area contributed by atoms with Crippen molar-refractivity contribution in [1.29, 1.82) is 0 Å². The van der Waals surface area contributed by atoms with Gasteiger partial charge in [-0.2, -0.15) is 0 Å². The van der Waals surface area contributed by atoms with Crippen molar-refractivity contribution in [3.05, 3.63) is 35.6 Å². The third-order valence-electron chi connectivity index (χ3n) is 5.89. The van der Waals surface area contributed by atoms with Crippen LogP contribution in [0.5, 0.6) is 0 Å². The summed E-state index contributed by atoms with van der Waals surface area (Å²) in [4.78, 5) is 14.6. The molecule has 136 valence electrons. The van der Waals surface area contributed by atoms with E-state index in [0.717, 1.165) is 44.3 Å². The van der Waals surface area contributed by atoms with Gasteiger partial charge in [0.1, 0.15) is 5.82 Å². The highest BCUT2D eigenvalue weighted by atomic mass is 19.1. The standard InChI is InChI=1S/C20H27FN2O2/c21-18-5-3-15(4-6-18)9-23-10-17-13-25-12-16(19(17)11-23)7-20(24)22-8-14-1-2-14/h3-6,14,16-17,19H,1-2,7-13H2,(H,22,24)/t16-,17-,19+/m1/s1. The van der Waals surface area contributed by atoms with Gasteiger partial charge in [-0.05, 0) is 54.2 Å². The van der Waals surface area contributed by atoms with Crippen LogP contribution in [0.2, 0.25) is 0 Å². The Balaban J connectivity index is 1.31. The number of hydrogen-bond acceptors (Lipinski definition) is 3. The maximum absolute atomic E-state index is 13.1. The molecular weight excluding hydrogens is 319 g/mol. The van der Waals surface area contributed by atoms with Gasteiger partial charge in [0, 0.05) is 32.6 Å². The highest BCUT2D eigenvalue weighted by molar-refractivity contribution is 5.76. The van der Waals surface area contributed by atoms with Gasteiger partial charge in [0.2, 0.25) is 5.91 Å². The molecule has 0 aromatic heterocycles. The SMILES string of the molecule is O=C(C[C@@H]1COC[C@H]2CN(Cc3ccc(F)cc3)C[C@@H]12)NCC1CC1. The molecule has 1 N–H and O–H groups in total. The van der Waals surface area contributed by atoms with E-state index in [1.165, 1.54) is 25.0 Å². The van der Waals surface area contributed by atoms with Crippen LogP contribution in [0.4, 0.5) is 4.39 Å². The van der Waals surface area contributed by atoms with E-state index in [2.05, 4.69) is 10.2 Å². The molecule has 0 unspecified atom stereocenters. The number of rotatable bonds is 6. The van der Waals surface area contributed by atoms with Gasteiger partial charge >= 0.3 is 0 Å². The van der Waals surface area contributed by atoms with Crippen molar-refractivity contribution in [3.8, 4) is 0 Å². The summed E-state index contributed by atoms with van der Waals surface area (Å²) in [5.74, 6) is 2.06. The predicted molar refractivity (Wildman–Crippen MR) is 93.3 cm³/mol. The van der Waals surface area contributed by atoms with E-state index in [1.54, 1.807) is 0 Å². The van der Waals surface area contributed by atoms with E-state index in [1.807, 2.05) is 12.1 Å². The number of likely N-dealkylation sites (tertiary alicyclic amines) is 1. The summed E-state index contributed by atoms with van der Waals surface area (Å²) in [7, 11) is 0. The molecule has 3 atom stereocenters. The average molecular weight is 346 g/mol. The van der Waals surface area contributed by atoms with E-state index in [0.29, 0.717) is 30.8 Å². The molecule has 5 heteroatoms. The summed E-state index contributed by atoms with van der Waals surface area (Å²) < 4.78 is 18.9. The summed E-state index contributed by atoms with van der Waals surface area (Å²) in [5.41, 5.74) is 1.14. The fraction of sp³-hybridized carbons (Fsp3) is 0.650. The van der Waals surface area contributed by atoms with Crippen LogP contribution in [0.15, 0.2) is 24.3 Å². The molecule has 4 rings (SSSR count). The van der Waals surface area contributed by atoms with Crippen LogP contribution in [0.1, 0.15) is 24.8 Å². The Bertz CT molecular complexity index is 602. The Morgan fingerprint density at radius 2 is 2.00 bits per heavy atom. The van der Waals surface area contributed by atoms with E-state index in [9.17, 15) is 9.18 Å². The zero-order valence-electron chi connectivity index (χ0n) is 14.6. The first-order chi connectivity index (χ1) is 12.2. The fourth-order valence-corrected chi connectivity index (χ4v) is 4.27. The van der Waals surface area contributed by atoms with Crippen molar-refractivity contribution in [3.63, 3.8) is 0 Å². The number of carbonyl (C=O) groups is 1. The molecule has 1 aromatic rings. The fourth-order valence-electron chi connectivity index (χ4n) is 4.27. The van der Waals surface area contributed by atoms with Gasteiger partial charge in [0.15, 0.2) is 0 Å². The second-order valence-corrected chi connectivity index (χ2v) is 7.99. The molecule has 0 spiro atoms. The maximum Gasteiger partial charge on any atom is 0.220 e. The number of nitrogens with zero attached hydrogens (tertiary/aromatic N) is 1. The number of halogens is 1. The van der Waals surface area contributed by atoms with Crippen LogP contribution >= 0.6 is 0 Å². The first kappa shape index (κ1) is 17.0. The number of nitrogens with one attached hydrogen (secondary N) is 1. The van der Waals surface area contributed by atoms with Gasteiger partial charge in [-0.3, -0.25) is 9.69 Å². The molecule has 1 aliphatic carbocycles. The summed E-state index contributed by atoms with van der Waals surface area (Å²) in [5, 5.41) is 3.08. The van der Waals surface area contributed by atoms with Crippen molar-refractivity contribution >= 4 is 5.91 Å². The third kappa shape index (κ3) is 4.39. The lowest BCUT2D eigenvalue weighted by Gasteiger charge is -2.32. The normalized spacial score (nSPS) is 29.4. The smallest absolute Gasteiger partial charge is 0.220 e. The lowest BCUT2D eigenvalue weighted by molar-refractivity contribution is -0.124. The van der Waals surface area contributed by atoms with Gasteiger partial charge in [0.05, 0.1) is 13.2 Å². The highest BCUT2D eigenvalue weighted by Crippen LogP contribution is 2.36. The predicted octanol–water partition coefficient (Wildman–Crippen LogP) is 2.44. The first-order valence-electron chi connectivity index (χ1n) is 9.48. The van der Waals surface area contributed by atoms with Crippen LogP contribution in [-0.4, -0.2) is 43.7 Å². The van der Waals surface area contributed by atoms with Crippen LogP contribution < -0.4 is 5.32 Å². The molecule has 1 amide bonds. The number of carbonyl (C=O) groups excluding carboxylic acids is 1. The molecule has 2 saturated heterocycles. The largest absolute Gasteiger partial charge is 0.381 e. The zero-order valence-corrected chi connectivity index (χ0v) is 14.6. The molecular formula is C20H27FN2O2. The molecule has 0 bridgehead atoms. The van der Waals surface area contributed by atoms with E-state index in [-0.39, 0.29) is 11.7 Å². The topological polar surface area (TPSA) is 41.6 Å². The molecule has 3 fully saturated rings. The Kier molecular flexibility index (Phi) is 5.04. The van der Waals surface area contributed by atoms with Gasteiger partial charge < -0.3 is 10.1 Å². The van der Waals surface area contributed by atoms with Crippen LogP contribution in [0, 0.1) is 29.5 Å². The average Bonchev–Trinajstić information content (AvgIpc) is 3.34. The lowest BCUT2D eigenvalue weighted by atomic mass is 9.81. The first-order valence-corrected chi connectivity index (χ1v) is 9.48. The number of ether oxygens (including phenoxy) is 1. The third-order valence-corrected chi connectivity index (χ3v) is 5.89. The van der Waals surface area contributed by atoms with Gasteiger partial charge in [0.25, 0.3) is 0 Å². The Morgan fingerprint density at radius 1 is 1.20 bits per heavy atom. The van der Waals surface area contributed by atoms with Crippen molar-refractivity contribution in [2.45, 2.75) is 25.8 Å². The van der Waals surface area contributed by atoms with Crippen LogP contribution in [0.25, 0.3) is 0 Å². The summed E-state index contributed by atoms with van der Waals surface area (Å²) in [6.45, 7) is 5.19. The monoisotopic (exact) mass is 346 g/mol. The molecule has 2 heterocycles. The molecule has 1 saturated carbocycles. The molecule has 25 heavy (non-hydrogen) atoms. The Morgan fingerprint density at radius 3 is 2.76 bits per heavy atom. The van der Waals surface area contributed by atoms with E-state index >= 15 is 0 Å². The highest BCUT2D eigenvalue weighted by Gasteiger charge is 2.41. The molecule has 2 aliphatic heterocycles. The minimum absolute atomic E-state index is 0.179. The second-order valence-electron chi connectivity index (χ2n) is 7.99. The number of amides is 1. The van der Waals surface area contributed by atoms with Crippen LogP contribution in [0.3, 0.4) is 0 Å². The van der Waals surface area contributed by atoms with Gasteiger partial charge in [-0.1, -0.05) is 12.1 Å². The van der Waals surface area contributed by atoms with Crippen LogP contribution in [-0.2, 0) is 16.1 Å². The Hall–Kier alpha value is -1.46.